The van der Waals surface area contributed by atoms with Crippen molar-refractivity contribution in [1.82, 2.24) is 4.90 Å². The van der Waals surface area contributed by atoms with Crippen molar-refractivity contribution < 1.29 is 19.6 Å². The molecule has 0 spiro atoms. The molecule has 1 N–H and O–H groups in total. The third-order valence-electron chi connectivity index (χ3n) is 3.07. The van der Waals surface area contributed by atoms with Crippen molar-refractivity contribution in [2.45, 2.75) is 19.4 Å². The number of aliphatic carboxylic acids is 1. The molecule has 0 heterocycles. The molecule has 108 valence electrons. The van der Waals surface area contributed by atoms with E-state index in [9.17, 15) is 19.7 Å². The van der Waals surface area contributed by atoms with Crippen LogP contribution in [0, 0.1) is 10.1 Å². The Morgan fingerprint density at radius 2 is 1.95 bits per heavy atom. The normalized spacial score (nSPS) is 11.0. The minimum Gasteiger partial charge on any atom is -0.480 e. The lowest BCUT2D eigenvalue weighted by Crippen LogP contribution is -2.50. The Morgan fingerprint density at radius 1 is 1.40 bits per heavy atom. The molecule has 0 aromatic heterocycles. The molecule has 7 nitrogen and oxygen atoms in total. The fourth-order valence-corrected chi connectivity index (χ4v) is 1.69. The van der Waals surface area contributed by atoms with Gasteiger partial charge in [0.1, 0.15) is 11.1 Å². The standard InChI is InChI=1S/C12H13ClN2O5/c1-12(2,11(17)18)14(3)10(16)9-7(13)5-4-6-8(9)15(19)20/h4-6H,1-3H3,(H,17,18). The zero-order valence-electron chi connectivity index (χ0n) is 11.1. The van der Waals surface area contributed by atoms with E-state index in [2.05, 4.69) is 0 Å². The molecule has 1 rings (SSSR count). The topological polar surface area (TPSA) is 101 Å². The van der Waals surface area contributed by atoms with E-state index in [4.69, 9.17) is 16.7 Å². The maximum absolute atomic E-state index is 12.3. The number of benzene rings is 1. The molecule has 0 fully saturated rings. The van der Waals surface area contributed by atoms with E-state index in [1.807, 2.05) is 0 Å². The highest BCUT2D eigenvalue weighted by atomic mass is 35.5. The van der Waals surface area contributed by atoms with Gasteiger partial charge in [0, 0.05) is 13.1 Å². The molecule has 20 heavy (non-hydrogen) atoms. The van der Waals surface area contributed by atoms with Crippen LogP contribution in [-0.4, -0.2) is 39.4 Å². The van der Waals surface area contributed by atoms with Crippen LogP contribution < -0.4 is 0 Å². The monoisotopic (exact) mass is 300 g/mol. The predicted molar refractivity (Wildman–Crippen MR) is 71.9 cm³/mol. The number of rotatable bonds is 4. The highest BCUT2D eigenvalue weighted by Crippen LogP contribution is 2.29. The number of nitrogens with zero attached hydrogens (tertiary/aromatic N) is 2. The zero-order valence-corrected chi connectivity index (χ0v) is 11.8. The maximum atomic E-state index is 12.3. The first kappa shape index (κ1) is 15.9. The van der Waals surface area contributed by atoms with Crippen LogP contribution in [0.2, 0.25) is 5.02 Å². The molecule has 0 bridgehead atoms. The van der Waals surface area contributed by atoms with Gasteiger partial charge in [-0.2, -0.15) is 0 Å². The average molecular weight is 301 g/mol. The van der Waals surface area contributed by atoms with Gasteiger partial charge in [-0.15, -0.1) is 0 Å². The molecule has 0 unspecified atom stereocenters. The molecule has 0 saturated heterocycles. The predicted octanol–water partition coefficient (Wildman–Crippen LogP) is 2.18. The SMILES string of the molecule is CN(C(=O)c1c(Cl)cccc1[N+](=O)[O-])C(C)(C)C(=O)O. The van der Waals surface area contributed by atoms with Crippen LogP contribution >= 0.6 is 11.6 Å². The Hall–Kier alpha value is -2.15. The number of hydrogen-bond acceptors (Lipinski definition) is 4. The second-order valence-electron chi connectivity index (χ2n) is 4.62. The van der Waals surface area contributed by atoms with Crippen molar-refractivity contribution in [3.8, 4) is 0 Å². The smallest absolute Gasteiger partial charge is 0.329 e. The van der Waals surface area contributed by atoms with Gasteiger partial charge >= 0.3 is 5.97 Å². The van der Waals surface area contributed by atoms with Crippen LogP contribution in [0.4, 0.5) is 5.69 Å². The van der Waals surface area contributed by atoms with Gasteiger partial charge in [-0.25, -0.2) is 4.79 Å². The van der Waals surface area contributed by atoms with Gasteiger partial charge in [0.05, 0.1) is 9.95 Å². The number of halogens is 1. The third kappa shape index (κ3) is 2.72. The first-order chi connectivity index (χ1) is 9.10. The van der Waals surface area contributed by atoms with Crippen molar-refractivity contribution >= 4 is 29.2 Å². The van der Waals surface area contributed by atoms with Gasteiger partial charge in [0.2, 0.25) is 0 Å². The van der Waals surface area contributed by atoms with E-state index < -0.39 is 28.0 Å². The molecule has 0 aliphatic carbocycles. The lowest BCUT2D eigenvalue weighted by atomic mass is 10.0. The van der Waals surface area contributed by atoms with Gasteiger partial charge in [-0.1, -0.05) is 17.7 Å². The minimum atomic E-state index is -1.52. The third-order valence-corrected chi connectivity index (χ3v) is 3.38. The van der Waals surface area contributed by atoms with Crippen LogP contribution in [0.25, 0.3) is 0 Å². The summed E-state index contributed by atoms with van der Waals surface area (Å²) >= 11 is 5.84. The second kappa shape index (κ2) is 5.46. The molecule has 1 aromatic carbocycles. The summed E-state index contributed by atoms with van der Waals surface area (Å²) < 4.78 is 0. The Kier molecular flexibility index (Phi) is 4.34. The van der Waals surface area contributed by atoms with E-state index >= 15 is 0 Å². The largest absolute Gasteiger partial charge is 0.480 e. The molecule has 0 aliphatic heterocycles. The number of carboxylic acids is 1. The number of likely N-dealkylation sites (N-methyl/N-ethyl adjacent to an activating group) is 1. The number of nitro groups is 1. The van der Waals surface area contributed by atoms with E-state index in [-0.39, 0.29) is 10.6 Å². The van der Waals surface area contributed by atoms with Gasteiger partial charge in [-0.05, 0) is 19.9 Å². The van der Waals surface area contributed by atoms with Gasteiger partial charge < -0.3 is 10.0 Å². The Bertz CT molecular complexity index is 585. The van der Waals surface area contributed by atoms with Gasteiger partial charge in [-0.3, -0.25) is 14.9 Å². The summed E-state index contributed by atoms with van der Waals surface area (Å²) in [6, 6.07) is 3.82. The molecular formula is C12H13ClN2O5. The molecule has 1 aromatic rings. The van der Waals surface area contributed by atoms with Crippen molar-refractivity contribution in [2.75, 3.05) is 7.05 Å². The highest BCUT2D eigenvalue weighted by Gasteiger charge is 2.38. The van der Waals surface area contributed by atoms with Gasteiger partial charge in [0.25, 0.3) is 11.6 Å². The van der Waals surface area contributed by atoms with E-state index in [1.165, 1.54) is 33.0 Å². The molecule has 0 atom stereocenters. The van der Waals surface area contributed by atoms with E-state index in [0.717, 1.165) is 11.0 Å². The summed E-state index contributed by atoms with van der Waals surface area (Å²) in [5.74, 6) is -2.06. The lowest BCUT2D eigenvalue weighted by Gasteiger charge is -2.31. The summed E-state index contributed by atoms with van der Waals surface area (Å²) in [5, 5.41) is 19.9. The number of carbonyl (C=O) groups excluding carboxylic acids is 1. The summed E-state index contributed by atoms with van der Waals surface area (Å²) in [7, 11) is 1.25. The Balaban J connectivity index is 3.36. The van der Waals surface area contributed by atoms with E-state index in [1.54, 1.807) is 0 Å². The van der Waals surface area contributed by atoms with Crippen molar-refractivity contribution in [2.24, 2.45) is 0 Å². The minimum absolute atomic E-state index is 0.0998. The summed E-state index contributed by atoms with van der Waals surface area (Å²) in [5.41, 5.74) is -2.31. The number of nitro benzene ring substituents is 1. The molecule has 1 amide bonds. The first-order valence-electron chi connectivity index (χ1n) is 5.55. The van der Waals surface area contributed by atoms with E-state index in [0.29, 0.717) is 0 Å². The quantitative estimate of drug-likeness (QED) is 0.678. The molecule has 8 heteroatoms. The van der Waals surface area contributed by atoms with Crippen molar-refractivity contribution in [3.63, 3.8) is 0 Å². The molecule has 0 radical (unpaired) electrons. The molecular weight excluding hydrogens is 288 g/mol. The van der Waals surface area contributed by atoms with Crippen LogP contribution in [0.3, 0.4) is 0 Å². The fourth-order valence-electron chi connectivity index (χ4n) is 1.44. The molecule has 0 saturated carbocycles. The van der Waals surface area contributed by atoms with Crippen LogP contribution in [0.1, 0.15) is 24.2 Å². The Morgan fingerprint density at radius 3 is 2.40 bits per heavy atom. The van der Waals surface area contributed by atoms with Crippen molar-refractivity contribution in [1.29, 1.82) is 0 Å². The Labute approximate surface area is 119 Å². The first-order valence-corrected chi connectivity index (χ1v) is 5.93. The number of amides is 1. The van der Waals surface area contributed by atoms with Gasteiger partial charge in [0.15, 0.2) is 0 Å². The summed E-state index contributed by atoms with van der Waals surface area (Å²) in [6.45, 7) is 2.63. The van der Waals surface area contributed by atoms with Crippen molar-refractivity contribution in [3.05, 3.63) is 38.9 Å². The zero-order chi connectivity index (χ0) is 15.7. The molecule has 0 aliphatic rings. The summed E-state index contributed by atoms with van der Waals surface area (Å²) in [4.78, 5) is 34.6. The fraction of sp³-hybridized carbons (Fsp3) is 0.333. The highest BCUT2D eigenvalue weighted by molar-refractivity contribution is 6.34. The van der Waals surface area contributed by atoms with Crippen LogP contribution in [0.15, 0.2) is 18.2 Å². The number of carbonyl (C=O) groups is 2. The second-order valence-corrected chi connectivity index (χ2v) is 5.03. The number of hydrogen-bond donors (Lipinski definition) is 1. The lowest BCUT2D eigenvalue weighted by molar-refractivity contribution is -0.385. The number of carboxylic acid groups (broad SMARTS) is 1. The maximum Gasteiger partial charge on any atom is 0.329 e. The summed E-state index contributed by atoms with van der Waals surface area (Å²) in [6.07, 6.45) is 0. The average Bonchev–Trinajstić information content (AvgIpc) is 2.36. The van der Waals surface area contributed by atoms with Crippen LogP contribution in [0.5, 0.6) is 0 Å². The van der Waals surface area contributed by atoms with Crippen LogP contribution in [-0.2, 0) is 4.79 Å².